The molecule has 2 N–H and O–H groups in total. The summed E-state index contributed by atoms with van der Waals surface area (Å²) in [5, 5.41) is 2.76. The Hall–Kier alpha value is -0.850. The highest BCUT2D eigenvalue weighted by atomic mass is 127. The smallest absolute Gasteiger partial charge is 0.256 e. The van der Waals surface area contributed by atoms with Crippen LogP contribution in [-0.2, 0) is 0 Å². The molecular formula is C12H17IN2O2. The molecule has 0 aromatic carbocycles. The average Bonchev–Trinajstić information content (AvgIpc) is 2.34. The Morgan fingerprint density at radius 3 is 2.76 bits per heavy atom. The fraction of sp³-hybridized carbons (Fsp3) is 0.500. The molecule has 0 aliphatic heterocycles. The summed E-state index contributed by atoms with van der Waals surface area (Å²) < 4.78 is 1.18. The molecule has 5 heteroatoms. The number of hydrogen-bond donors (Lipinski definition) is 2. The highest BCUT2D eigenvalue weighted by Gasteiger charge is 2.07. The van der Waals surface area contributed by atoms with Crippen LogP contribution < -0.4 is 10.7 Å². The first-order valence-electron chi connectivity index (χ1n) is 5.77. The van der Waals surface area contributed by atoms with E-state index in [9.17, 15) is 9.59 Å². The van der Waals surface area contributed by atoms with E-state index < -0.39 is 0 Å². The van der Waals surface area contributed by atoms with Crippen molar-refractivity contribution < 1.29 is 4.79 Å². The summed E-state index contributed by atoms with van der Waals surface area (Å²) in [5.74, 6) is -0.291. The summed E-state index contributed by atoms with van der Waals surface area (Å²) in [6.45, 7) is 0.633. The SMILES string of the molecule is O=C(NCCCCCCI)c1c[nH]ccc1=O. The minimum Gasteiger partial charge on any atom is -0.367 e. The van der Waals surface area contributed by atoms with Crippen LogP contribution in [0.5, 0.6) is 0 Å². The van der Waals surface area contributed by atoms with E-state index in [2.05, 4.69) is 32.9 Å². The van der Waals surface area contributed by atoms with Gasteiger partial charge in [0.1, 0.15) is 5.56 Å². The van der Waals surface area contributed by atoms with Gasteiger partial charge in [-0.3, -0.25) is 9.59 Å². The predicted octanol–water partition coefficient (Wildman–Crippen LogP) is 2.10. The molecule has 0 radical (unpaired) electrons. The van der Waals surface area contributed by atoms with E-state index >= 15 is 0 Å². The number of carbonyl (C=O) groups is 1. The molecule has 0 unspecified atom stereocenters. The number of halogens is 1. The third kappa shape index (κ3) is 5.34. The van der Waals surface area contributed by atoms with Crippen LogP contribution in [0.15, 0.2) is 23.3 Å². The number of unbranched alkanes of at least 4 members (excludes halogenated alkanes) is 3. The molecule has 1 aromatic heterocycles. The number of nitrogens with one attached hydrogen (secondary N) is 2. The quantitative estimate of drug-likeness (QED) is 0.450. The van der Waals surface area contributed by atoms with Crippen LogP contribution >= 0.6 is 22.6 Å². The summed E-state index contributed by atoms with van der Waals surface area (Å²) in [4.78, 5) is 25.7. The van der Waals surface area contributed by atoms with Gasteiger partial charge in [0.2, 0.25) is 0 Å². The Morgan fingerprint density at radius 2 is 2.06 bits per heavy atom. The van der Waals surface area contributed by atoms with Gasteiger partial charge in [0, 0.05) is 25.0 Å². The number of aromatic amines is 1. The van der Waals surface area contributed by atoms with Gasteiger partial charge in [-0.25, -0.2) is 0 Å². The van der Waals surface area contributed by atoms with E-state index in [-0.39, 0.29) is 16.9 Å². The van der Waals surface area contributed by atoms with Crippen LogP contribution in [0.1, 0.15) is 36.0 Å². The number of pyridine rings is 1. The van der Waals surface area contributed by atoms with Gasteiger partial charge in [0.15, 0.2) is 5.43 Å². The van der Waals surface area contributed by atoms with Crippen LogP contribution in [0, 0.1) is 0 Å². The van der Waals surface area contributed by atoms with Crippen molar-refractivity contribution in [2.45, 2.75) is 25.7 Å². The van der Waals surface area contributed by atoms with Crippen molar-refractivity contribution in [2.75, 3.05) is 11.0 Å². The Bertz CT molecular complexity index is 403. The van der Waals surface area contributed by atoms with E-state index in [0.29, 0.717) is 6.54 Å². The molecule has 1 aromatic rings. The first-order valence-corrected chi connectivity index (χ1v) is 7.29. The van der Waals surface area contributed by atoms with Gasteiger partial charge in [-0.1, -0.05) is 35.4 Å². The Kier molecular flexibility index (Phi) is 6.91. The maximum Gasteiger partial charge on any atom is 0.256 e. The van der Waals surface area contributed by atoms with Gasteiger partial charge in [0.25, 0.3) is 5.91 Å². The first kappa shape index (κ1) is 14.2. The zero-order valence-electron chi connectivity index (χ0n) is 9.67. The molecule has 1 amide bonds. The summed E-state index contributed by atoms with van der Waals surface area (Å²) in [6.07, 6.45) is 7.47. The summed E-state index contributed by atoms with van der Waals surface area (Å²) >= 11 is 2.36. The molecule has 0 atom stereocenters. The molecule has 1 heterocycles. The summed E-state index contributed by atoms with van der Waals surface area (Å²) in [5.41, 5.74) is -0.0640. The van der Waals surface area contributed by atoms with Crippen LogP contribution in [0.3, 0.4) is 0 Å². The standard InChI is InChI=1S/C12H17IN2O2/c13-6-3-1-2-4-7-15-12(17)10-9-14-8-5-11(10)16/h5,8-9H,1-4,6-7H2,(H,14,16)(H,15,17). The molecule has 17 heavy (non-hydrogen) atoms. The fourth-order valence-electron chi connectivity index (χ4n) is 1.46. The van der Waals surface area contributed by atoms with Crippen molar-refractivity contribution in [3.8, 4) is 0 Å². The minimum atomic E-state index is -0.291. The average molecular weight is 348 g/mol. The Labute approximate surface area is 114 Å². The van der Waals surface area contributed by atoms with Crippen molar-refractivity contribution in [1.29, 1.82) is 0 Å². The van der Waals surface area contributed by atoms with E-state index in [4.69, 9.17) is 0 Å². The molecule has 0 fully saturated rings. The third-order valence-electron chi connectivity index (χ3n) is 2.41. The number of aromatic nitrogens is 1. The molecule has 0 spiro atoms. The van der Waals surface area contributed by atoms with Gasteiger partial charge in [-0.15, -0.1) is 0 Å². The lowest BCUT2D eigenvalue weighted by atomic mass is 10.2. The topological polar surface area (TPSA) is 62.0 Å². The van der Waals surface area contributed by atoms with Gasteiger partial charge in [-0.05, 0) is 17.3 Å². The monoisotopic (exact) mass is 348 g/mol. The number of carbonyl (C=O) groups excluding carboxylic acids is 1. The summed E-state index contributed by atoms with van der Waals surface area (Å²) in [7, 11) is 0. The van der Waals surface area contributed by atoms with Crippen LogP contribution in [0.2, 0.25) is 0 Å². The zero-order valence-corrected chi connectivity index (χ0v) is 11.8. The largest absolute Gasteiger partial charge is 0.367 e. The van der Waals surface area contributed by atoms with E-state index in [0.717, 1.165) is 12.8 Å². The van der Waals surface area contributed by atoms with Gasteiger partial charge in [-0.2, -0.15) is 0 Å². The normalized spacial score (nSPS) is 10.2. The maximum absolute atomic E-state index is 11.6. The molecule has 0 aliphatic carbocycles. The van der Waals surface area contributed by atoms with Crippen LogP contribution in [0.25, 0.3) is 0 Å². The van der Waals surface area contributed by atoms with Gasteiger partial charge in [0.05, 0.1) is 0 Å². The second-order valence-electron chi connectivity index (χ2n) is 3.78. The lowest BCUT2D eigenvalue weighted by molar-refractivity contribution is 0.0951. The Balaban J connectivity index is 2.26. The molecule has 94 valence electrons. The van der Waals surface area contributed by atoms with Crippen molar-refractivity contribution in [2.24, 2.45) is 0 Å². The van der Waals surface area contributed by atoms with Crippen molar-refractivity contribution in [3.05, 3.63) is 34.2 Å². The highest BCUT2D eigenvalue weighted by Crippen LogP contribution is 2.01. The van der Waals surface area contributed by atoms with E-state index in [1.54, 1.807) is 0 Å². The molecular weight excluding hydrogens is 331 g/mol. The lowest BCUT2D eigenvalue weighted by Crippen LogP contribution is -2.29. The van der Waals surface area contributed by atoms with Crippen LogP contribution in [0.4, 0.5) is 0 Å². The van der Waals surface area contributed by atoms with E-state index in [1.807, 2.05) is 0 Å². The fourth-order valence-corrected chi connectivity index (χ4v) is 2.00. The number of H-pyrrole nitrogens is 1. The van der Waals surface area contributed by atoms with E-state index in [1.165, 1.54) is 35.7 Å². The van der Waals surface area contributed by atoms with Gasteiger partial charge < -0.3 is 10.3 Å². The predicted molar refractivity (Wildman–Crippen MR) is 76.8 cm³/mol. The number of hydrogen-bond acceptors (Lipinski definition) is 2. The van der Waals surface area contributed by atoms with Crippen molar-refractivity contribution in [3.63, 3.8) is 0 Å². The van der Waals surface area contributed by atoms with Gasteiger partial charge >= 0.3 is 0 Å². The molecule has 1 rings (SSSR count). The molecule has 0 aliphatic rings. The molecule has 0 saturated heterocycles. The Morgan fingerprint density at radius 1 is 1.29 bits per heavy atom. The number of alkyl halides is 1. The molecule has 4 nitrogen and oxygen atoms in total. The zero-order chi connectivity index (χ0) is 12.5. The molecule has 0 bridgehead atoms. The first-order chi connectivity index (χ1) is 8.25. The van der Waals surface area contributed by atoms with Crippen LogP contribution in [-0.4, -0.2) is 21.9 Å². The number of amides is 1. The second-order valence-corrected chi connectivity index (χ2v) is 4.86. The molecule has 0 saturated carbocycles. The third-order valence-corrected chi connectivity index (χ3v) is 3.18. The summed E-state index contributed by atoms with van der Waals surface area (Å²) in [6, 6.07) is 1.36. The number of rotatable bonds is 7. The van der Waals surface area contributed by atoms with Crippen molar-refractivity contribution in [1.82, 2.24) is 10.3 Å². The van der Waals surface area contributed by atoms with Crippen molar-refractivity contribution >= 4 is 28.5 Å². The second kappa shape index (κ2) is 8.27. The maximum atomic E-state index is 11.6. The minimum absolute atomic E-state index is 0.180. The lowest BCUT2D eigenvalue weighted by Gasteiger charge is -2.04. The highest BCUT2D eigenvalue weighted by molar-refractivity contribution is 14.1.